The monoisotopic (exact) mass is 252 g/mol. The summed E-state index contributed by atoms with van der Waals surface area (Å²) in [6.45, 7) is 0. The number of carbonyl (C=O) groups excluding carboxylic acids is 1. The minimum absolute atomic E-state index is 0.120. The standard InChI is InChI=1S/C16H12OS/c17-16(12-6-2-1-3-7-12)15-10-13-8-4-5-9-14(13)11-18-15/h1-10H,11H2. The molecule has 0 spiro atoms. The summed E-state index contributed by atoms with van der Waals surface area (Å²) in [4.78, 5) is 13.2. The van der Waals surface area contributed by atoms with Gasteiger partial charge in [-0.2, -0.15) is 0 Å². The molecular formula is C16H12OS. The molecule has 0 unspecified atom stereocenters. The van der Waals surface area contributed by atoms with E-state index < -0.39 is 0 Å². The Labute approximate surface area is 111 Å². The van der Waals surface area contributed by atoms with Crippen molar-refractivity contribution in [3.05, 3.63) is 76.2 Å². The van der Waals surface area contributed by atoms with E-state index in [1.165, 1.54) is 5.56 Å². The van der Waals surface area contributed by atoms with Crippen molar-refractivity contribution in [3.63, 3.8) is 0 Å². The van der Waals surface area contributed by atoms with Gasteiger partial charge in [0.1, 0.15) is 0 Å². The van der Waals surface area contributed by atoms with Gasteiger partial charge in [0.05, 0.1) is 4.91 Å². The molecule has 3 rings (SSSR count). The molecule has 0 N–H and O–H groups in total. The highest BCUT2D eigenvalue weighted by molar-refractivity contribution is 8.03. The number of fused-ring (bicyclic) bond motifs is 1. The average molecular weight is 252 g/mol. The summed E-state index contributed by atoms with van der Waals surface area (Å²) in [6, 6.07) is 17.7. The minimum atomic E-state index is 0.120. The van der Waals surface area contributed by atoms with Crippen LogP contribution >= 0.6 is 11.8 Å². The zero-order valence-electron chi connectivity index (χ0n) is 9.80. The first-order valence-corrected chi connectivity index (χ1v) is 6.85. The lowest BCUT2D eigenvalue weighted by molar-refractivity contribution is 0.104. The lowest BCUT2D eigenvalue weighted by Gasteiger charge is -2.14. The Bertz CT molecular complexity index is 614. The fraction of sp³-hybridized carbons (Fsp3) is 0.0625. The summed E-state index contributed by atoms with van der Waals surface area (Å²) in [5.74, 6) is 0.996. The van der Waals surface area contributed by atoms with Crippen LogP contribution in [0.1, 0.15) is 21.5 Å². The number of rotatable bonds is 2. The van der Waals surface area contributed by atoms with Crippen molar-refractivity contribution in [1.29, 1.82) is 0 Å². The number of allylic oxidation sites excluding steroid dienone is 1. The van der Waals surface area contributed by atoms with E-state index in [1.54, 1.807) is 11.8 Å². The molecule has 1 aliphatic rings. The van der Waals surface area contributed by atoms with Crippen molar-refractivity contribution >= 4 is 23.6 Å². The van der Waals surface area contributed by atoms with Crippen LogP contribution in [0.5, 0.6) is 0 Å². The van der Waals surface area contributed by atoms with Crippen molar-refractivity contribution in [1.82, 2.24) is 0 Å². The lowest BCUT2D eigenvalue weighted by Crippen LogP contribution is -2.04. The van der Waals surface area contributed by atoms with Crippen molar-refractivity contribution < 1.29 is 4.79 Å². The lowest BCUT2D eigenvalue weighted by atomic mass is 10.1. The Kier molecular flexibility index (Phi) is 3.03. The fourth-order valence-electron chi connectivity index (χ4n) is 2.01. The van der Waals surface area contributed by atoms with Gasteiger partial charge in [0.25, 0.3) is 0 Å². The topological polar surface area (TPSA) is 17.1 Å². The van der Waals surface area contributed by atoms with Crippen LogP contribution in [0.15, 0.2) is 59.5 Å². The molecule has 0 saturated carbocycles. The van der Waals surface area contributed by atoms with E-state index in [0.717, 1.165) is 21.8 Å². The van der Waals surface area contributed by atoms with Crippen LogP contribution in [0.3, 0.4) is 0 Å². The second-order valence-electron chi connectivity index (χ2n) is 4.19. The predicted octanol–water partition coefficient (Wildman–Crippen LogP) is 4.16. The zero-order valence-corrected chi connectivity index (χ0v) is 10.6. The molecule has 1 aliphatic heterocycles. The van der Waals surface area contributed by atoms with E-state index in [2.05, 4.69) is 12.1 Å². The molecule has 0 aliphatic carbocycles. The van der Waals surface area contributed by atoms with Crippen molar-refractivity contribution in [2.45, 2.75) is 5.75 Å². The van der Waals surface area contributed by atoms with E-state index in [0.29, 0.717) is 0 Å². The highest BCUT2D eigenvalue weighted by Crippen LogP contribution is 2.33. The number of hydrogen-bond acceptors (Lipinski definition) is 2. The van der Waals surface area contributed by atoms with Gasteiger partial charge in [0, 0.05) is 11.3 Å². The maximum Gasteiger partial charge on any atom is 0.199 e. The first-order valence-electron chi connectivity index (χ1n) is 5.87. The average Bonchev–Trinajstić information content (AvgIpc) is 2.47. The summed E-state index contributed by atoms with van der Waals surface area (Å²) < 4.78 is 0. The van der Waals surface area contributed by atoms with Crippen LogP contribution in [0.25, 0.3) is 6.08 Å². The highest BCUT2D eigenvalue weighted by Gasteiger charge is 2.17. The molecule has 2 aromatic carbocycles. The normalized spacial score (nSPS) is 13.7. The molecule has 18 heavy (non-hydrogen) atoms. The minimum Gasteiger partial charge on any atom is -0.288 e. The molecule has 0 amide bonds. The van der Waals surface area contributed by atoms with Crippen molar-refractivity contribution in [3.8, 4) is 0 Å². The molecular weight excluding hydrogens is 240 g/mol. The SMILES string of the molecule is O=C(C1=Cc2ccccc2CS1)c1ccccc1. The second-order valence-corrected chi connectivity index (χ2v) is 5.21. The predicted molar refractivity (Wildman–Crippen MR) is 76.5 cm³/mol. The van der Waals surface area contributed by atoms with E-state index in [1.807, 2.05) is 48.5 Å². The number of Topliss-reactive ketones (excluding diaryl/α,β-unsaturated/α-hetero) is 1. The smallest absolute Gasteiger partial charge is 0.199 e. The molecule has 0 aromatic heterocycles. The Balaban J connectivity index is 1.96. The molecule has 1 nitrogen and oxygen atoms in total. The summed E-state index contributed by atoms with van der Waals surface area (Å²) in [6.07, 6.45) is 2.00. The molecule has 0 saturated heterocycles. The maximum absolute atomic E-state index is 12.3. The number of hydrogen-bond donors (Lipinski definition) is 0. The first-order chi connectivity index (χ1) is 8.84. The molecule has 88 valence electrons. The van der Waals surface area contributed by atoms with E-state index in [9.17, 15) is 4.79 Å². The van der Waals surface area contributed by atoms with Gasteiger partial charge in [0.15, 0.2) is 5.78 Å². The number of benzene rings is 2. The van der Waals surface area contributed by atoms with Gasteiger partial charge in [-0.3, -0.25) is 4.79 Å². The Morgan fingerprint density at radius 1 is 0.944 bits per heavy atom. The van der Waals surface area contributed by atoms with Gasteiger partial charge in [-0.1, -0.05) is 54.6 Å². The number of thioether (sulfide) groups is 1. The van der Waals surface area contributed by atoms with Crippen LogP contribution in [0.4, 0.5) is 0 Å². The largest absolute Gasteiger partial charge is 0.288 e. The van der Waals surface area contributed by atoms with E-state index in [-0.39, 0.29) is 5.78 Å². The maximum atomic E-state index is 12.3. The third kappa shape index (κ3) is 2.12. The van der Waals surface area contributed by atoms with Gasteiger partial charge < -0.3 is 0 Å². The van der Waals surface area contributed by atoms with Gasteiger partial charge in [-0.15, -0.1) is 11.8 Å². The van der Waals surface area contributed by atoms with E-state index in [4.69, 9.17) is 0 Å². The quantitative estimate of drug-likeness (QED) is 0.747. The second kappa shape index (κ2) is 4.83. The molecule has 2 heteroatoms. The van der Waals surface area contributed by atoms with Gasteiger partial charge in [0.2, 0.25) is 0 Å². The van der Waals surface area contributed by atoms with Crippen molar-refractivity contribution in [2.24, 2.45) is 0 Å². The van der Waals surface area contributed by atoms with Gasteiger partial charge in [-0.25, -0.2) is 0 Å². The van der Waals surface area contributed by atoms with Crippen molar-refractivity contribution in [2.75, 3.05) is 0 Å². The Morgan fingerprint density at radius 3 is 2.50 bits per heavy atom. The highest BCUT2D eigenvalue weighted by atomic mass is 32.2. The summed E-state index contributed by atoms with van der Waals surface area (Å²) in [5.41, 5.74) is 3.22. The van der Waals surface area contributed by atoms with Crippen LogP contribution in [-0.2, 0) is 5.75 Å². The van der Waals surface area contributed by atoms with Crippen LogP contribution in [0, 0.1) is 0 Å². The van der Waals surface area contributed by atoms with Gasteiger partial charge >= 0.3 is 0 Å². The molecule has 2 aromatic rings. The Hall–Kier alpha value is -1.80. The number of carbonyl (C=O) groups is 1. The molecule has 0 fully saturated rings. The van der Waals surface area contributed by atoms with Crippen LogP contribution in [-0.4, -0.2) is 5.78 Å². The summed E-state index contributed by atoms with van der Waals surface area (Å²) in [7, 11) is 0. The third-order valence-electron chi connectivity index (χ3n) is 2.98. The van der Waals surface area contributed by atoms with Gasteiger partial charge in [-0.05, 0) is 17.2 Å². The first kappa shape index (κ1) is 11.3. The molecule has 0 atom stereocenters. The van der Waals surface area contributed by atoms with Crippen LogP contribution < -0.4 is 0 Å². The van der Waals surface area contributed by atoms with Crippen LogP contribution in [0.2, 0.25) is 0 Å². The van der Waals surface area contributed by atoms with E-state index >= 15 is 0 Å². The zero-order chi connectivity index (χ0) is 12.4. The fourth-order valence-corrected chi connectivity index (χ4v) is 3.04. The Morgan fingerprint density at radius 2 is 1.67 bits per heavy atom. The molecule has 0 bridgehead atoms. The molecule has 1 heterocycles. The summed E-state index contributed by atoms with van der Waals surface area (Å²) >= 11 is 1.62. The summed E-state index contributed by atoms with van der Waals surface area (Å²) in [5, 5.41) is 0. The number of ketones is 1. The molecule has 0 radical (unpaired) electrons. The third-order valence-corrected chi connectivity index (χ3v) is 4.05.